The highest BCUT2D eigenvalue weighted by Gasteiger charge is 2.29. The van der Waals surface area contributed by atoms with Gasteiger partial charge in [-0.1, -0.05) is 19.3 Å². The molecular weight excluding hydrogens is 396 g/mol. The maximum absolute atomic E-state index is 12.7. The number of ether oxygens (including phenoxy) is 3. The Bertz CT molecular complexity index is 727. The smallest absolute Gasteiger partial charge is 0.225 e. The van der Waals surface area contributed by atoms with Crippen molar-refractivity contribution < 1.29 is 23.8 Å². The van der Waals surface area contributed by atoms with E-state index in [4.69, 9.17) is 14.2 Å². The van der Waals surface area contributed by atoms with Crippen LogP contribution in [-0.2, 0) is 16.0 Å². The molecule has 0 radical (unpaired) electrons. The molecule has 172 valence electrons. The van der Waals surface area contributed by atoms with Crippen LogP contribution in [0.1, 0.15) is 56.9 Å². The molecule has 1 aliphatic carbocycles. The Morgan fingerprint density at radius 1 is 0.935 bits per heavy atom. The maximum atomic E-state index is 12.7. The Labute approximate surface area is 185 Å². The van der Waals surface area contributed by atoms with Gasteiger partial charge in [0.15, 0.2) is 11.5 Å². The van der Waals surface area contributed by atoms with Gasteiger partial charge in [-0.15, -0.1) is 0 Å². The SMILES string of the molecule is COc1cc(CCC(=O)NC2CCN(C(=O)C3CCCCC3)CC2)cc(OC)c1OC. The summed E-state index contributed by atoms with van der Waals surface area (Å²) in [6, 6.07) is 3.90. The topological polar surface area (TPSA) is 77.1 Å². The third kappa shape index (κ3) is 6.05. The highest BCUT2D eigenvalue weighted by atomic mass is 16.5. The molecule has 31 heavy (non-hydrogen) atoms. The van der Waals surface area contributed by atoms with Crippen LogP contribution in [0.3, 0.4) is 0 Å². The fourth-order valence-corrected chi connectivity index (χ4v) is 4.69. The molecule has 0 spiro atoms. The number of carbonyl (C=O) groups is 2. The molecule has 1 aromatic rings. The second-order valence-corrected chi connectivity index (χ2v) is 8.54. The molecular formula is C24H36N2O5. The van der Waals surface area contributed by atoms with Crippen LogP contribution in [0.15, 0.2) is 12.1 Å². The van der Waals surface area contributed by atoms with E-state index in [1.807, 2.05) is 17.0 Å². The van der Waals surface area contributed by atoms with Crippen LogP contribution in [0.5, 0.6) is 17.2 Å². The summed E-state index contributed by atoms with van der Waals surface area (Å²) in [5.74, 6) is 2.31. The summed E-state index contributed by atoms with van der Waals surface area (Å²) < 4.78 is 16.1. The van der Waals surface area contributed by atoms with E-state index in [0.29, 0.717) is 36.0 Å². The predicted octanol–water partition coefficient (Wildman–Crippen LogP) is 3.33. The van der Waals surface area contributed by atoms with Crippen LogP contribution in [0, 0.1) is 5.92 Å². The number of aryl methyl sites for hydroxylation is 1. The van der Waals surface area contributed by atoms with Crippen molar-refractivity contribution in [2.45, 2.75) is 63.8 Å². The fourth-order valence-electron chi connectivity index (χ4n) is 4.69. The largest absolute Gasteiger partial charge is 0.493 e. The standard InChI is InChI=1S/C24H36N2O5/c1-29-20-15-17(16-21(30-2)23(20)31-3)9-10-22(27)25-19-11-13-26(14-12-19)24(28)18-7-5-4-6-8-18/h15-16,18-19H,4-14H2,1-3H3,(H,25,27). The highest BCUT2D eigenvalue weighted by Crippen LogP contribution is 2.38. The number of hydrogen-bond acceptors (Lipinski definition) is 5. The zero-order chi connectivity index (χ0) is 22.2. The lowest BCUT2D eigenvalue weighted by molar-refractivity contribution is -0.137. The first kappa shape index (κ1) is 23.2. The van der Waals surface area contributed by atoms with E-state index in [1.165, 1.54) is 19.3 Å². The highest BCUT2D eigenvalue weighted by molar-refractivity contribution is 5.79. The summed E-state index contributed by atoms with van der Waals surface area (Å²) in [5.41, 5.74) is 0.956. The first-order valence-corrected chi connectivity index (χ1v) is 11.4. The number of hydrogen-bond donors (Lipinski definition) is 1. The summed E-state index contributed by atoms with van der Waals surface area (Å²) in [7, 11) is 4.74. The quantitative estimate of drug-likeness (QED) is 0.682. The summed E-state index contributed by atoms with van der Waals surface area (Å²) in [6.07, 6.45) is 8.31. The van der Waals surface area contributed by atoms with E-state index in [-0.39, 0.29) is 17.9 Å². The molecule has 1 saturated carbocycles. The van der Waals surface area contributed by atoms with E-state index < -0.39 is 0 Å². The number of nitrogens with one attached hydrogen (secondary N) is 1. The van der Waals surface area contributed by atoms with Crippen LogP contribution in [0.25, 0.3) is 0 Å². The fraction of sp³-hybridized carbons (Fsp3) is 0.667. The average Bonchev–Trinajstić information content (AvgIpc) is 2.82. The zero-order valence-corrected chi connectivity index (χ0v) is 19.1. The van der Waals surface area contributed by atoms with Crippen molar-refractivity contribution in [2.24, 2.45) is 5.92 Å². The Hall–Kier alpha value is -2.44. The first-order valence-electron chi connectivity index (χ1n) is 11.4. The lowest BCUT2D eigenvalue weighted by Gasteiger charge is -2.35. The van der Waals surface area contributed by atoms with Gasteiger partial charge in [0, 0.05) is 31.5 Å². The number of rotatable bonds is 8. The van der Waals surface area contributed by atoms with E-state index in [2.05, 4.69) is 5.32 Å². The van der Waals surface area contributed by atoms with Gasteiger partial charge < -0.3 is 24.4 Å². The lowest BCUT2D eigenvalue weighted by Crippen LogP contribution is -2.48. The van der Waals surface area contributed by atoms with Crippen molar-refractivity contribution in [2.75, 3.05) is 34.4 Å². The van der Waals surface area contributed by atoms with Crippen LogP contribution < -0.4 is 19.5 Å². The Kier molecular flexibility index (Phi) is 8.43. The second-order valence-electron chi connectivity index (χ2n) is 8.54. The summed E-state index contributed by atoms with van der Waals surface area (Å²) >= 11 is 0. The number of nitrogens with zero attached hydrogens (tertiary/aromatic N) is 1. The number of amides is 2. The van der Waals surface area contributed by atoms with Gasteiger partial charge in [0.25, 0.3) is 0 Å². The van der Waals surface area contributed by atoms with Crippen molar-refractivity contribution in [3.05, 3.63) is 17.7 Å². The molecule has 2 aliphatic rings. The molecule has 0 aromatic heterocycles. The number of benzene rings is 1. The molecule has 1 N–H and O–H groups in total. The molecule has 1 aromatic carbocycles. The predicted molar refractivity (Wildman–Crippen MR) is 119 cm³/mol. The van der Waals surface area contributed by atoms with Gasteiger partial charge >= 0.3 is 0 Å². The van der Waals surface area contributed by atoms with Gasteiger partial charge in [0.1, 0.15) is 0 Å². The van der Waals surface area contributed by atoms with E-state index in [1.54, 1.807) is 21.3 Å². The van der Waals surface area contributed by atoms with E-state index in [9.17, 15) is 9.59 Å². The third-order valence-electron chi connectivity index (χ3n) is 6.49. The average molecular weight is 433 g/mol. The molecule has 0 bridgehead atoms. The van der Waals surface area contributed by atoms with Gasteiger partial charge in [0.2, 0.25) is 17.6 Å². The Balaban J connectivity index is 1.45. The minimum absolute atomic E-state index is 0.0332. The molecule has 7 heteroatoms. The van der Waals surface area contributed by atoms with E-state index in [0.717, 1.165) is 44.3 Å². The van der Waals surface area contributed by atoms with Crippen molar-refractivity contribution in [1.82, 2.24) is 10.2 Å². The molecule has 2 fully saturated rings. The second kappa shape index (κ2) is 11.3. The number of likely N-dealkylation sites (tertiary alicyclic amines) is 1. The van der Waals surface area contributed by atoms with Crippen LogP contribution in [0.2, 0.25) is 0 Å². The number of piperidine rings is 1. The first-order chi connectivity index (χ1) is 15.0. The normalized spacial score (nSPS) is 17.8. The van der Waals surface area contributed by atoms with Gasteiger partial charge in [0.05, 0.1) is 21.3 Å². The lowest BCUT2D eigenvalue weighted by atomic mass is 9.87. The van der Waals surface area contributed by atoms with Crippen molar-refractivity contribution in [3.8, 4) is 17.2 Å². The maximum Gasteiger partial charge on any atom is 0.225 e. The zero-order valence-electron chi connectivity index (χ0n) is 19.1. The number of methoxy groups -OCH3 is 3. The van der Waals surface area contributed by atoms with Gasteiger partial charge in [-0.2, -0.15) is 0 Å². The molecule has 1 heterocycles. The van der Waals surface area contributed by atoms with Gasteiger partial charge in [-0.25, -0.2) is 0 Å². The van der Waals surface area contributed by atoms with Crippen molar-refractivity contribution in [3.63, 3.8) is 0 Å². The van der Waals surface area contributed by atoms with Gasteiger partial charge in [-0.3, -0.25) is 9.59 Å². The van der Waals surface area contributed by atoms with Crippen LogP contribution >= 0.6 is 0 Å². The monoisotopic (exact) mass is 432 g/mol. The molecule has 7 nitrogen and oxygen atoms in total. The van der Waals surface area contributed by atoms with Crippen molar-refractivity contribution in [1.29, 1.82) is 0 Å². The molecule has 0 atom stereocenters. The Morgan fingerprint density at radius 2 is 1.55 bits per heavy atom. The molecule has 1 saturated heterocycles. The van der Waals surface area contributed by atoms with Crippen LogP contribution in [0.4, 0.5) is 0 Å². The molecule has 0 unspecified atom stereocenters. The number of carbonyl (C=O) groups excluding carboxylic acids is 2. The Morgan fingerprint density at radius 3 is 2.10 bits per heavy atom. The van der Waals surface area contributed by atoms with Crippen molar-refractivity contribution >= 4 is 11.8 Å². The summed E-state index contributed by atoms with van der Waals surface area (Å²) in [5, 5.41) is 3.14. The third-order valence-corrected chi connectivity index (χ3v) is 6.49. The minimum Gasteiger partial charge on any atom is -0.493 e. The molecule has 2 amide bonds. The van der Waals surface area contributed by atoms with Crippen LogP contribution in [-0.4, -0.2) is 57.2 Å². The summed E-state index contributed by atoms with van der Waals surface area (Å²) in [6.45, 7) is 1.49. The molecule has 3 rings (SSSR count). The summed E-state index contributed by atoms with van der Waals surface area (Å²) in [4.78, 5) is 27.2. The van der Waals surface area contributed by atoms with Gasteiger partial charge in [-0.05, 0) is 49.8 Å². The van der Waals surface area contributed by atoms with E-state index >= 15 is 0 Å². The molecule has 1 aliphatic heterocycles. The minimum atomic E-state index is 0.0332.